The molecule has 34 heavy (non-hydrogen) atoms. The lowest BCUT2D eigenvalue weighted by Gasteiger charge is -2.60. The minimum atomic E-state index is -1.53. The van der Waals surface area contributed by atoms with Crippen molar-refractivity contribution in [3.8, 4) is 0 Å². The van der Waals surface area contributed by atoms with Gasteiger partial charge in [0.1, 0.15) is 5.60 Å². The molecule has 0 spiro atoms. The maximum Gasteiger partial charge on any atom is 0.179 e. The van der Waals surface area contributed by atoms with Crippen molar-refractivity contribution in [2.75, 3.05) is 5.88 Å². The average Bonchev–Trinajstić information content (AvgIpc) is 3.15. The van der Waals surface area contributed by atoms with E-state index in [1.54, 1.807) is 0 Å². The first-order valence-corrected chi connectivity index (χ1v) is 14.3. The standard InChI is InChI=1S/C29H47ClO4/c1-17(2)24(31)11-6-18(3)21-9-10-22-20-8-7-19-14-29(34,26(33)16-30)15-25(32)28(19,5)23(20)12-13-27(21,22)4/h7,17-18,20-25,31-32,34H,6,8-16H2,1-5H3/t18-,20+,21-,22+,23+,24+,25+,27-,28+,29-/m1/s1. The third kappa shape index (κ3) is 4.13. The Morgan fingerprint density at radius 1 is 1.15 bits per heavy atom. The number of carbonyl (C=O) groups is 1. The van der Waals surface area contributed by atoms with Gasteiger partial charge in [0, 0.05) is 18.3 Å². The van der Waals surface area contributed by atoms with Gasteiger partial charge in [-0.3, -0.25) is 4.79 Å². The highest BCUT2D eigenvalue weighted by atomic mass is 35.5. The van der Waals surface area contributed by atoms with Crippen molar-refractivity contribution in [3.05, 3.63) is 11.6 Å². The Morgan fingerprint density at radius 3 is 2.50 bits per heavy atom. The van der Waals surface area contributed by atoms with Crippen LogP contribution in [0.5, 0.6) is 0 Å². The van der Waals surface area contributed by atoms with Gasteiger partial charge in [0.15, 0.2) is 5.78 Å². The summed E-state index contributed by atoms with van der Waals surface area (Å²) in [5.74, 6) is 2.64. The summed E-state index contributed by atoms with van der Waals surface area (Å²) in [4.78, 5) is 12.4. The molecule has 3 saturated carbocycles. The Hall–Kier alpha value is -0.420. The number of Topliss-reactive ketones (excluding diaryl/α,β-unsaturated/α-hetero) is 1. The molecule has 4 aliphatic carbocycles. The molecule has 5 heteroatoms. The molecule has 0 heterocycles. The zero-order chi connectivity index (χ0) is 25.1. The summed E-state index contributed by atoms with van der Waals surface area (Å²) in [7, 11) is 0. The Morgan fingerprint density at radius 2 is 1.85 bits per heavy atom. The zero-order valence-electron chi connectivity index (χ0n) is 21.9. The van der Waals surface area contributed by atoms with E-state index in [1.807, 2.05) is 0 Å². The van der Waals surface area contributed by atoms with Gasteiger partial charge >= 0.3 is 0 Å². The average molecular weight is 495 g/mol. The lowest BCUT2D eigenvalue weighted by atomic mass is 9.45. The number of hydrogen-bond donors (Lipinski definition) is 3. The van der Waals surface area contributed by atoms with Crippen LogP contribution in [0.1, 0.15) is 92.4 Å². The van der Waals surface area contributed by atoms with E-state index in [0.717, 1.165) is 31.3 Å². The van der Waals surface area contributed by atoms with Crippen LogP contribution in [0, 0.1) is 46.3 Å². The number of allylic oxidation sites excluding steroid dienone is 1. The fourth-order valence-electron chi connectivity index (χ4n) is 9.02. The number of fused-ring (bicyclic) bond motifs is 5. The molecule has 0 radical (unpaired) electrons. The van der Waals surface area contributed by atoms with Gasteiger partial charge in [-0.15, -0.1) is 11.6 Å². The van der Waals surface area contributed by atoms with Gasteiger partial charge in [-0.05, 0) is 85.9 Å². The predicted octanol–water partition coefficient (Wildman–Crippen LogP) is 5.51. The van der Waals surface area contributed by atoms with Crippen molar-refractivity contribution >= 4 is 17.4 Å². The van der Waals surface area contributed by atoms with E-state index in [9.17, 15) is 20.1 Å². The zero-order valence-corrected chi connectivity index (χ0v) is 22.7. The number of alkyl halides is 1. The quantitative estimate of drug-likeness (QED) is 0.322. The molecule has 0 aromatic rings. The van der Waals surface area contributed by atoms with E-state index in [0.29, 0.717) is 47.3 Å². The van der Waals surface area contributed by atoms with Crippen LogP contribution in [0.3, 0.4) is 0 Å². The van der Waals surface area contributed by atoms with E-state index in [4.69, 9.17) is 11.6 Å². The highest BCUT2D eigenvalue weighted by molar-refractivity contribution is 6.28. The molecule has 0 aliphatic heterocycles. The second kappa shape index (κ2) is 9.47. The van der Waals surface area contributed by atoms with E-state index in [2.05, 4.69) is 40.7 Å². The van der Waals surface area contributed by atoms with Crippen LogP contribution in [0.4, 0.5) is 0 Å². The summed E-state index contributed by atoms with van der Waals surface area (Å²) in [6.45, 7) is 11.3. The number of rotatable bonds is 7. The Labute approximate surface area is 211 Å². The molecular weight excluding hydrogens is 448 g/mol. The maximum absolute atomic E-state index is 12.4. The monoisotopic (exact) mass is 494 g/mol. The third-order valence-corrected chi connectivity index (χ3v) is 11.6. The molecule has 0 aromatic heterocycles. The van der Waals surface area contributed by atoms with Crippen molar-refractivity contribution in [3.63, 3.8) is 0 Å². The largest absolute Gasteiger partial charge is 0.393 e. The smallest absolute Gasteiger partial charge is 0.179 e. The summed E-state index contributed by atoms with van der Waals surface area (Å²) in [5.41, 5.74) is -0.506. The Bertz CT molecular complexity index is 810. The Balaban J connectivity index is 1.53. The van der Waals surface area contributed by atoms with Gasteiger partial charge in [0.2, 0.25) is 0 Å². The van der Waals surface area contributed by atoms with E-state index >= 15 is 0 Å². The molecule has 194 valence electrons. The summed E-state index contributed by atoms with van der Waals surface area (Å²) in [6.07, 6.45) is 9.51. The number of aliphatic hydroxyl groups is 3. The van der Waals surface area contributed by atoms with Crippen molar-refractivity contribution in [1.29, 1.82) is 0 Å². The van der Waals surface area contributed by atoms with Crippen LogP contribution >= 0.6 is 11.6 Å². The number of aliphatic hydroxyl groups excluding tert-OH is 2. The molecule has 10 atom stereocenters. The van der Waals surface area contributed by atoms with Crippen LogP contribution in [-0.2, 0) is 4.79 Å². The Kier molecular flexibility index (Phi) is 7.42. The third-order valence-electron chi connectivity index (χ3n) is 11.3. The van der Waals surface area contributed by atoms with Gasteiger partial charge in [0.25, 0.3) is 0 Å². The van der Waals surface area contributed by atoms with Crippen LogP contribution < -0.4 is 0 Å². The molecular formula is C29H47ClO4. The van der Waals surface area contributed by atoms with Crippen LogP contribution in [0.2, 0.25) is 0 Å². The molecule has 0 unspecified atom stereocenters. The molecule has 4 rings (SSSR count). The van der Waals surface area contributed by atoms with Gasteiger partial charge in [0.05, 0.1) is 18.1 Å². The van der Waals surface area contributed by atoms with Crippen LogP contribution in [-0.4, -0.2) is 44.8 Å². The minimum Gasteiger partial charge on any atom is -0.393 e. The van der Waals surface area contributed by atoms with E-state index in [-0.39, 0.29) is 29.6 Å². The number of carbonyl (C=O) groups excluding carboxylic acids is 1. The van der Waals surface area contributed by atoms with Crippen molar-refractivity contribution in [1.82, 2.24) is 0 Å². The summed E-state index contributed by atoms with van der Waals surface area (Å²) >= 11 is 5.79. The summed E-state index contributed by atoms with van der Waals surface area (Å²) in [6, 6.07) is 0. The second-order valence-corrected chi connectivity index (χ2v) is 13.5. The lowest BCUT2D eigenvalue weighted by Crippen LogP contribution is -2.59. The fraction of sp³-hybridized carbons (Fsp3) is 0.897. The number of hydrogen-bond acceptors (Lipinski definition) is 4. The highest BCUT2D eigenvalue weighted by Gasteiger charge is 2.62. The SMILES string of the molecule is CC(C)[C@@H](O)CC[C@@H](C)[C@H]1CC[C@H]2[C@@H]3CC=C4C[C@](O)(C(=O)CCl)C[C@H](O)[C@]4(C)[C@H]3CC[C@]12C. The maximum atomic E-state index is 12.4. The normalized spacial score (nSPS) is 45.7. The molecule has 3 N–H and O–H groups in total. The molecule has 0 saturated heterocycles. The van der Waals surface area contributed by atoms with E-state index < -0.39 is 11.7 Å². The lowest BCUT2D eigenvalue weighted by molar-refractivity contribution is -0.155. The summed E-state index contributed by atoms with van der Waals surface area (Å²) in [5, 5.41) is 32.7. The molecule has 0 bridgehead atoms. The van der Waals surface area contributed by atoms with Crippen molar-refractivity contribution in [2.45, 2.75) is 110 Å². The molecule has 3 fully saturated rings. The first kappa shape index (κ1) is 26.6. The number of halogens is 1. The van der Waals surface area contributed by atoms with Crippen molar-refractivity contribution < 1.29 is 20.1 Å². The highest BCUT2D eigenvalue weighted by Crippen LogP contribution is 2.67. The molecule has 4 aliphatic rings. The first-order valence-electron chi connectivity index (χ1n) is 13.8. The minimum absolute atomic E-state index is 0.0926. The van der Waals surface area contributed by atoms with Gasteiger partial charge in [-0.25, -0.2) is 0 Å². The molecule has 0 aromatic carbocycles. The summed E-state index contributed by atoms with van der Waals surface area (Å²) < 4.78 is 0. The predicted molar refractivity (Wildman–Crippen MR) is 137 cm³/mol. The fourth-order valence-corrected chi connectivity index (χ4v) is 9.27. The van der Waals surface area contributed by atoms with Gasteiger partial charge in [-0.1, -0.05) is 46.3 Å². The number of ketones is 1. The van der Waals surface area contributed by atoms with Gasteiger partial charge < -0.3 is 15.3 Å². The van der Waals surface area contributed by atoms with Crippen molar-refractivity contribution in [2.24, 2.45) is 46.3 Å². The topological polar surface area (TPSA) is 77.8 Å². The second-order valence-electron chi connectivity index (χ2n) is 13.2. The molecule has 4 nitrogen and oxygen atoms in total. The van der Waals surface area contributed by atoms with Crippen LogP contribution in [0.25, 0.3) is 0 Å². The van der Waals surface area contributed by atoms with Gasteiger partial charge in [-0.2, -0.15) is 0 Å². The van der Waals surface area contributed by atoms with E-state index in [1.165, 1.54) is 19.3 Å². The first-order chi connectivity index (χ1) is 15.9. The molecule has 0 amide bonds. The van der Waals surface area contributed by atoms with Crippen LogP contribution in [0.15, 0.2) is 11.6 Å².